The van der Waals surface area contributed by atoms with Gasteiger partial charge in [0.2, 0.25) is 0 Å². The number of benzene rings is 1. The Bertz CT molecular complexity index is 980. The zero-order valence-electron chi connectivity index (χ0n) is 17.0. The van der Waals surface area contributed by atoms with Gasteiger partial charge in [-0.2, -0.15) is 0 Å². The minimum atomic E-state index is -0.312. The Balaban J connectivity index is 1.72. The van der Waals surface area contributed by atoms with Gasteiger partial charge in [-0.05, 0) is 50.5 Å². The van der Waals surface area contributed by atoms with E-state index in [1.807, 2.05) is 6.21 Å². The maximum Gasteiger partial charge on any atom is 0.112 e. The molecule has 2 atom stereocenters. The van der Waals surface area contributed by atoms with Gasteiger partial charge in [-0.3, -0.25) is 4.99 Å². The van der Waals surface area contributed by atoms with Gasteiger partial charge in [0.15, 0.2) is 0 Å². The van der Waals surface area contributed by atoms with Gasteiger partial charge < -0.3 is 5.32 Å². The van der Waals surface area contributed by atoms with E-state index in [0.29, 0.717) is 5.92 Å². The van der Waals surface area contributed by atoms with Crippen LogP contribution >= 0.6 is 0 Å². The van der Waals surface area contributed by atoms with Crippen molar-refractivity contribution in [3.05, 3.63) is 100 Å². The van der Waals surface area contributed by atoms with E-state index < -0.39 is 0 Å². The van der Waals surface area contributed by atoms with Crippen LogP contribution in [-0.2, 0) is 0 Å². The monoisotopic (exact) mass is 368 g/mol. The van der Waals surface area contributed by atoms with Crippen molar-refractivity contribution in [2.45, 2.75) is 39.2 Å². The van der Waals surface area contributed by atoms with Crippen LogP contribution < -0.4 is 5.32 Å². The minimum Gasteiger partial charge on any atom is -0.359 e. The molecule has 0 saturated carbocycles. The lowest BCUT2D eigenvalue weighted by molar-refractivity contribution is 0.453. The number of aliphatic imine (C=N–C) groups is 1. The van der Waals surface area contributed by atoms with Crippen LogP contribution in [0.3, 0.4) is 0 Å². The number of nitrogens with one attached hydrogen (secondary N) is 1. The molecule has 0 saturated heterocycles. The summed E-state index contributed by atoms with van der Waals surface area (Å²) in [5.74, 6) is 0.405. The van der Waals surface area contributed by atoms with Crippen molar-refractivity contribution < 1.29 is 0 Å². The molecule has 2 unspecified atom stereocenters. The van der Waals surface area contributed by atoms with Crippen molar-refractivity contribution in [1.29, 1.82) is 0 Å². The van der Waals surface area contributed by atoms with Gasteiger partial charge in [0.1, 0.15) is 5.54 Å². The maximum absolute atomic E-state index is 5.18. The summed E-state index contributed by atoms with van der Waals surface area (Å²) in [5.41, 5.74) is 8.50. The predicted molar refractivity (Wildman–Crippen MR) is 120 cm³/mol. The Kier molecular flexibility index (Phi) is 4.80. The second-order valence-corrected chi connectivity index (χ2v) is 8.03. The fourth-order valence-electron chi connectivity index (χ4n) is 4.72. The molecule has 0 amide bonds. The lowest BCUT2D eigenvalue weighted by Crippen LogP contribution is -2.44. The van der Waals surface area contributed by atoms with E-state index in [-0.39, 0.29) is 5.54 Å². The van der Waals surface area contributed by atoms with Gasteiger partial charge in [-0.15, -0.1) is 0 Å². The van der Waals surface area contributed by atoms with E-state index in [4.69, 9.17) is 4.99 Å². The summed E-state index contributed by atoms with van der Waals surface area (Å²) in [6, 6.07) is 8.55. The van der Waals surface area contributed by atoms with Crippen LogP contribution in [0.5, 0.6) is 0 Å². The first kappa shape index (κ1) is 18.5. The molecular formula is C26H28N2. The highest BCUT2D eigenvalue weighted by Gasteiger charge is 2.47. The standard InChI is InChI=1S/C26H28N2/c1-5-23-22-15-19(3)17-26(23,24-13-10-20(4)28-25(24)16-22)27-14-6-7-21-11-8-18(2)9-12-21/h5-15,22,28H,4,16-17H2,1-3H3/b7-6+,23-5+,27-14+. The van der Waals surface area contributed by atoms with Crippen LogP contribution in [0.2, 0.25) is 0 Å². The second-order valence-electron chi connectivity index (χ2n) is 8.03. The van der Waals surface area contributed by atoms with Gasteiger partial charge in [0.05, 0.1) is 0 Å². The third-order valence-corrected chi connectivity index (χ3v) is 5.91. The average molecular weight is 369 g/mol. The molecule has 1 aliphatic heterocycles. The molecule has 142 valence electrons. The summed E-state index contributed by atoms with van der Waals surface area (Å²) in [6.45, 7) is 10.6. The van der Waals surface area contributed by atoms with Crippen molar-refractivity contribution in [3.63, 3.8) is 0 Å². The van der Waals surface area contributed by atoms with Gasteiger partial charge in [0, 0.05) is 35.5 Å². The normalized spacial score (nSPS) is 28.1. The lowest BCUT2D eigenvalue weighted by Gasteiger charge is -2.47. The highest BCUT2D eigenvalue weighted by atomic mass is 15.0. The molecule has 0 fully saturated rings. The number of hydrogen-bond donors (Lipinski definition) is 1. The summed E-state index contributed by atoms with van der Waals surface area (Å²) in [7, 11) is 0. The molecule has 2 nitrogen and oxygen atoms in total. The van der Waals surface area contributed by atoms with Crippen LogP contribution in [0.4, 0.5) is 0 Å². The van der Waals surface area contributed by atoms with Crippen LogP contribution in [0.1, 0.15) is 37.8 Å². The lowest BCUT2D eigenvalue weighted by atomic mass is 9.62. The van der Waals surface area contributed by atoms with Crippen molar-refractivity contribution in [3.8, 4) is 0 Å². The van der Waals surface area contributed by atoms with Crippen LogP contribution in [0, 0.1) is 12.8 Å². The molecule has 0 aromatic heterocycles. The molecule has 1 aromatic rings. The molecule has 3 aliphatic rings. The Morgan fingerprint density at radius 1 is 1.18 bits per heavy atom. The third kappa shape index (κ3) is 3.24. The van der Waals surface area contributed by atoms with Crippen LogP contribution in [-0.4, -0.2) is 11.8 Å². The first-order valence-corrected chi connectivity index (χ1v) is 10.0. The molecule has 0 radical (unpaired) electrons. The highest BCUT2D eigenvalue weighted by molar-refractivity contribution is 5.80. The quantitative estimate of drug-likeness (QED) is 0.509. The van der Waals surface area contributed by atoms with Crippen molar-refractivity contribution in [2.24, 2.45) is 10.9 Å². The Hall–Kier alpha value is -2.87. The SMILES string of the molecule is C=C1C=CC2=C(CC3C=C(C)CC2(/N=C/C=C/c2ccc(C)cc2)/C3=C/C)N1. The summed E-state index contributed by atoms with van der Waals surface area (Å²) < 4.78 is 0. The zero-order chi connectivity index (χ0) is 19.7. The van der Waals surface area contributed by atoms with E-state index in [1.165, 1.54) is 33.5 Å². The van der Waals surface area contributed by atoms with E-state index >= 15 is 0 Å². The molecule has 28 heavy (non-hydrogen) atoms. The van der Waals surface area contributed by atoms with Gasteiger partial charge in [-0.1, -0.05) is 66.3 Å². The predicted octanol–water partition coefficient (Wildman–Crippen LogP) is 6.06. The van der Waals surface area contributed by atoms with Crippen molar-refractivity contribution >= 4 is 12.3 Å². The Morgan fingerprint density at radius 2 is 1.96 bits per heavy atom. The summed E-state index contributed by atoms with van der Waals surface area (Å²) in [5, 5.41) is 3.50. The van der Waals surface area contributed by atoms with E-state index in [1.54, 1.807) is 0 Å². The van der Waals surface area contributed by atoms with Crippen molar-refractivity contribution in [2.75, 3.05) is 0 Å². The number of allylic oxidation sites excluding steroid dienone is 5. The summed E-state index contributed by atoms with van der Waals surface area (Å²) in [6.07, 6.45) is 17.0. The fraction of sp³-hybridized carbons (Fsp3) is 0.269. The van der Waals surface area contributed by atoms with Gasteiger partial charge in [-0.25, -0.2) is 0 Å². The van der Waals surface area contributed by atoms with Crippen molar-refractivity contribution in [1.82, 2.24) is 5.32 Å². The molecule has 2 heteroatoms. The Labute approximate surface area is 168 Å². The topological polar surface area (TPSA) is 24.4 Å². The van der Waals surface area contributed by atoms with Gasteiger partial charge >= 0.3 is 0 Å². The molecule has 4 rings (SSSR count). The molecule has 0 spiro atoms. The number of dihydropyridines is 1. The van der Waals surface area contributed by atoms with Gasteiger partial charge in [0.25, 0.3) is 0 Å². The number of fused-ring (bicyclic) bond motifs is 3. The summed E-state index contributed by atoms with van der Waals surface area (Å²) in [4.78, 5) is 5.18. The minimum absolute atomic E-state index is 0.312. The average Bonchev–Trinajstić information content (AvgIpc) is 2.66. The molecule has 2 bridgehead atoms. The largest absolute Gasteiger partial charge is 0.359 e. The van der Waals surface area contributed by atoms with E-state index in [0.717, 1.165) is 18.5 Å². The van der Waals surface area contributed by atoms with Crippen LogP contribution in [0.25, 0.3) is 6.08 Å². The first-order chi connectivity index (χ1) is 13.5. The molecule has 1 heterocycles. The van der Waals surface area contributed by atoms with Crippen LogP contribution in [0.15, 0.2) is 94.3 Å². The first-order valence-electron chi connectivity index (χ1n) is 10.0. The fourth-order valence-corrected chi connectivity index (χ4v) is 4.72. The summed E-state index contributed by atoms with van der Waals surface area (Å²) >= 11 is 0. The number of hydrogen-bond acceptors (Lipinski definition) is 2. The molecule has 2 aliphatic carbocycles. The Morgan fingerprint density at radius 3 is 2.71 bits per heavy atom. The smallest absolute Gasteiger partial charge is 0.112 e. The molecule has 1 aromatic carbocycles. The molecule has 1 N–H and O–H groups in total. The number of aryl methyl sites for hydroxylation is 1. The second kappa shape index (κ2) is 7.27. The highest BCUT2D eigenvalue weighted by Crippen LogP contribution is 2.51. The number of rotatable bonds is 3. The third-order valence-electron chi connectivity index (χ3n) is 5.91. The zero-order valence-corrected chi connectivity index (χ0v) is 17.0. The number of nitrogens with zero attached hydrogens (tertiary/aromatic N) is 1. The van der Waals surface area contributed by atoms with E-state index in [9.17, 15) is 0 Å². The maximum atomic E-state index is 5.18. The molecular weight excluding hydrogens is 340 g/mol. The van der Waals surface area contributed by atoms with E-state index in [2.05, 4.69) is 93.4 Å².